The van der Waals surface area contributed by atoms with Crippen LogP contribution in [-0.2, 0) is 6.18 Å². The van der Waals surface area contributed by atoms with E-state index in [1.807, 2.05) is 6.92 Å². The highest BCUT2D eigenvalue weighted by molar-refractivity contribution is 5.95. The lowest BCUT2D eigenvalue weighted by atomic mass is 10.1. The van der Waals surface area contributed by atoms with Gasteiger partial charge in [-0.15, -0.1) is 0 Å². The Labute approximate surface area is 114 Å². The molecule has 1 unspecified atom stereocenters. The molecule has 2 rings (SSSR count). The minimum absolute atomic E-state index is 0.0172. The molecule has 1 saturated heterocycles. The smallest absolute Gasteiger partial charge is 0.336 e. The number of benzene rings is 1. The van der Waals surface area contributed by atoms with Crippen LogP contribution < -0.4 is 0 Å². The maximum Gasteiger partial charge on any atom is 0.416 e. The number of hydrogen-bond donors (Lipinski definition) is 0. The molecule has 2 nitrogen and oxygen atoms in total. The van der Waals surface area contributed by atoms with Gasteiger partial charge in [-0.2, -0.15) is 13.2 Å². The third kappa shape index (κ3) is 2.78. The van der Waals surface area contributed by atoms with E-state index in [1.54, 1.807) is 0 Å². The van der Waals surface area contributed by atoms with E-state index in [0.717, 1.165) is 12.8 Å². The van der Waals surface area contributed by atoms with Crippen molar-refractivity contribution in [3.63, 3.8) is 0 Å². The predicted octanol–water partition coefficient (Wildman–Crippen LogP) is 3.86. The van der Waals surface area contributed by atoms with Gasteiger partial charge in [-0.05, 0) is 37.5 Å². The molecule has 110 valence electrons. The van der Waals surface area contributed by atoms with Gasteiger partial charge in [0.05, 0.1) is 11.1 Å². The summed E-state index contributed by atoms with van der Waals surface area (Å²) >= 11 is 0. The summed E-state index contributed by atoms with van der Waals surface area (Å²) < 4.78 is 51.6. The summed E-state index contributed by atoms with van der Waals surface area (Å²) in [5.41, 5.74) is -1.50. The first kappa shape index (κ1) is 14.8. The Kier molecular flexibility index (Phi) is 4.01. The van der Waals surface area contributed by atoms with Gasteiger partial charge in [0.2, 0.25) is 0 Å². The molecular weight excluding hydrogens is 274 g/mol. The first-order chi connectivity index (χ1) is 9.34. The topological polar surface area (TPSA) is 20.3 Å². The number of hydrogen-bond acceptors (Lipinski definition) is 1. The van der Waals surface area contributed by atoms with Gasteiger partial charge < -0.3 is 4.90 Å². The summed E-state index contributed by atoms with van der Waals surface area (Å²) in [7, 11) is 0. The second-order valence-corrected chi connectivity index (χ2v) is 4.90. The maximum atomic E-state index is 13.7. The average molecular weight is 289 g/mol. The molecule has 1 atom stereocenters. The Hall–Kier alpha value is -1.59. The maximum absolute atomic E-state index is 13.7. The minimum Gasteiger partial charge on any atom is -0.336 e. The number of rotatable bonds is 2. The normalized spacial score (nSPS) is 19.4. The van der Waals surface area contributed by atoms with Crippen LogP contribution in [0.25, 0.3) is 0 Å². The Morgan fingerprint density at radius 2 is 2.10 bits per heavy atom. The van der Waals surface area contributed by atoms with E-state index in [-0.39, 0.29) is 6.04 Å². The second kappa shape index (κ2) is 5.42. The molecule has 0 aromatic heterocycles. The van der Waals surface area contributed by atoms with E-state index < -0.39 is 29.0 Å². The monoisotopic (exact) mass is 289 g/mol. The van der Waals surface area contributed by atoms with Gasteiger partial charge in [0, 0.05) is 12.6 Å². The van der Waals surface area contributed by atoms with Gasteiger partial charge >= 0.3 is 6.18 Å². The molecule has 0 spiro atoms. The van der Waals surface area contributed by atoms with Crippen LogP contribution in [0.3, 0.4) is 0 Å². The molecule has 1 aliphatic rings. The quantitative estimate of drug-likeness (QED) is 0.757. The van der Waals surface area contributed by atoms with E-state index >= 15 is 0 Å². The van der Waals surface area contributed by atoms with Crippen molar-refractivity contribution in [3.05, 3.63) is 35.1 Å². The number of nitrogens with zero attached hydrogens (tertiary/aromatic N) is 1. The van der Waals surface area contributed by atoms with Crippen LogP contribution in [0.4, 0.5) is 17.6 Å². The number of alkyl halides is 3. The molecular formula is C14H15F4NO. The predicted molar refractivity (Wildman–Crippen MR) is 65.8 cm³/mol. The highest BCUT2D eigenvalue weighted by Gasteiger charge is 2.34. The van der Waals surface area contributed by atoms with Gasteiger partial charge in [0.25, 0.3) is 5.91 Å². The highest BCUT2D eigenvalue weighted by Crippen LogP contribution is 2.31. The third-order valence-electron chi connectivity index (χ3n) is 3.63. The standard InChI is InChI=1S/C14H15F4NO/c1-2-10-4-3-7-19(10)13(20)11-8-9(14(16,17)18)5-6-12(11)15/h5-6,8,10H,2-4,7H2,1H3. The SMILES string of the molecule is CCC1CCCN1C(=O)c1cc(C(F)(F)F)ccc1F. The molecule has 1 fully saturated rings. The van der Waals surface area contributed by atoms with Crippen molar-refractivity contribution in [1.29, 1.82) is 0 Å². The number of likely N-dealkylation sites (tertiary alicyclic amines) is 1. The van der Waals surface area contributed by atoms with Crippen LogP contribution in [0.15, 0.2) is 18.2 Å². The van der Waals surface area contributed by atoms with Crippen LogP contribution in [0.1, 0.15) is 42.1 Å². The number of carbonyl (C=O) groups excluding carboxylic acids is 1. The molecule has 20 heavy (non-hydrogen) atoms. The van der Waals surface area contributed by atoms with Crippen molar-refractivity contribution < 1.29 is 22.4 Å². The van der Waals surface area contributed by atoms with E-state index in [1.165, 1.54) is 4.90 Å². The summed E-state index contributed by atoms with van der Waals surface area (Å²) in [6, 6.07) is 1.93. The highest BCUT2D eigenvalue weighted by atomic mass is 19.4. The summed E-state index contributed by atoms with van der Waals surface area (Å²) in [6.45, 7) is 2.37. The molecule has 0 bridgehead atoms. The van der Waals surface area contributed by atoms with E-state index in [4.69, 9.17) is 0 Å². The fourth-order valence-electron chi connectivity index (χ4n) is 2.55. The van der Waals surface area contributed by atoms with Gasteiger partial charge in [0.15, 0.2) is 0 Å². The Balaban J connectivity index is 2.34. The Morgan fingerprint density at radius 1 is 1.40 bits per heavy atom. The van der Waals surface area contributed by atoms with E-state index in [9.17, 15) is 22.4 Å². The average Bonchev–Trinajstić information content (AvgIpc) is 2.85. The molecule has 1 aromatic carbocycles. The number of amides is 1. The summed E-state index contributed by atoms with van der Waals surface area (Å²) in [5.74, 6) is -1.57. The lowest BCUT2D eigenvalue weighted by molar-refractivity contribution is -0.137. The molecule has 0 N–H and O–H groups in total. The van der Waals surface area contributed by atoms with Crippen LogP contribution in [-0.4, -0.2) is 23.4 Å². The molecule has 0 radical (unpaired) electrons. The van der Waals surface area contributed by atoms with Crippen LogP contribution in [0.5, 0.6) is 0 Å². The molecule has 0 aliphatic carbocycles. The molecule has 6 heteroatoms. The minimum atomic E-state index is -4.59. The van der Waals surface area contributed by atoms with E-state index in [0.29, 0.717) is 31.2 Å². The van der Waals surface area contributed by atoms with Crippen molar-refractivity contribution in [1.82, 2.24) is 4.90 Å². The third-order valence-corrected chi connectivity index (χ3v) is 3.63. The largest absolute Gasteiger partial charge is 0.416 e. The van der Waals surface area contributed by atoms with Crippen LogP contribution >= 0.6 is 0 Å². The Bertz CT molecular complexity index is 512. The van der Waals surface area contributed by atoms with Crippen LogP contribution in [0, 0.1) is 5.82 Å². The fourth-order valence-corrected chi connectivity index (χ4v) is 2.55. The zero-order chi connectivity index (χ0) is 14.9. The summed E-state index contributed by atoms with van der Waals surface area (Å²) in [5, 5.41) is 0. The number of carbonyl (C=O) groups is 1. The zero-order valence-electron chi connectivity index (χ0n) is 11.0. The second-order valence-electron chi connectivity index (χ2n) is 4.90. The lowest BCUT2D eigenvalue weighted by Crippen LogP contribution is -2.35. The molecule has 0 saturated carbocycles. The van der Waals surface area contributed by atoms with Gasteiger partial charge in [-0.25, -0.2) is 4.39 Å². The van der Waals surface area contributed by atoms with Gasteiger partial charge in [0.1, 0.15) is 5.82 Å². The van der Waals surface area contributed by atoms with Crippen molar-refractivity contribution in [3.8, 4) is 0 Å². The number of halogens is 4. The van der Waals surface area contributed by atoms with E-state index in [2.05, 4.69) is 0 Å². The Morgan fingerprint density at radius 3 is 2.70 bits per heavy atom. The summed E-state index contributed by atoms with van der Waals surface area (Å²) in [6.07, 6.45) is -2.27. The van der Waals surface area contributed by atoms with Crippen molar-refractivity contribution >= 4 is 5.91 Å². The molecule has 1 amide bonds. The summed E-state index contributed by atoms with van der Waals surface area (Å²) in [4.78, 5) is 13.7. The van der Waals surface area contributed by atoms with Crippen LogP contribution in [0.2, 0.25) is 0 Å². The lowest BCUT2D eigenvalue weighted by Gasteiger charge is -2.24. The van der Waals surface area contributed by atoms with Gasteiger partial charge in [-0.1, -0.05) is 6.92 Å². The first-order valence-electron chi connectivity index (χ1n) is 6.52. The zero-order valence-corrected chi connectivity index (χ0v) is 11.0. The first-order valence-corrected chi connectivity index (χ1v) is 6.52. The molecule has 1 aliphatic heterocycles. The molecule has 1 aromatic rings. The molecule has 1 heterocycles. The van der Waals surface area contributed by atoms with Crippen molar-refractivity contribution in [2.24, 2.45) is 0 Å². The van der Waals surface area contributed by atoms with Gasteiger partial charge in [-0.3, -0.25) is 4.79 Å². The fraction of sp³-hybridized carbons (Fsp3) is 0.500. The van der Waals surface area contributed by atoms with Crippen molar-refractivity contribution in [2.45, 2.75) is 38.4 Å². The van der Waals surface area contributed by atoms with Crippen molar-refractivity contribution in [2.75, 3.05) is 6.54 Å².